The van der Waals surface area contributed by atoms with Crippen molar-refractivity contribution < 1.29 is 28.2 Å². The first-order chi connectivity index (χ1) is 12.8. The van der Waals surface area contributed by atoms with E-state index in [0.717, 1.165) is 22.3 Å². The van der Waals surface area contributed by atoms with Crippen molar-refractivity contribution in [2.45, 2.75) is 18.9 Å². The molecule has 1 amide bonds. The number of anilines is 2. The summed E-state index contributed by atoms with van der Waals surface area (Å²) >= 11 is 1.04. The lowest BCUT2D eigenvalue weighted by Crippen LogP contribution is -2.54. The van der Waals surface area contributed by atoms with E-state index in [0.29, 0.717) is 4.70 Å². The Morgan fingerprint density at radius 1 is 1.26 bits per heavy atom. The fraction of sp³-hybridized carbons (Fsp3) is 0.167. The highest BCUT2D eigenvalue weighted by Crippen LogP contribution is 2.46. The minimum atomic E-state index is -1.84. The van der Waals surface area contributed by atoms with E-state index >= 15 is 0 Å². The first-order valence-corrected chi connectivity index (χ1v) is 8.71. The second kappa shape index (κ2) is 5.98. The zero-order valence-corrected chi connectivity index (χ0v) is 14.7. The Morgan fingerprint density at radius 3 is 2.67 bits per heavy atom. The van der Waals surface area contributed by atoms with Gasteiger partial charge in [-0.1, -0.05) is 23.5 Å². The van der Waals surface area contributed by atoms with Gasteiger partial charge < -0.3 is 9.84 Å². The Labute approximate surface area is 155 Å². The lowest BCUT2D eigenvalue weighted by molar-refractivity contribution is -0.148. The van der Waals surface area contributed by atoms with Crippen molar-refractivity contribution in [3.63, 3.8) is 0 Å². The number of carboxylic acid groups (broad SMARTS) is 1. The Bertz CT molecular complexity index is 1100. The number of benzene rings is 2. The number of rotatable bonds is 3. The summed E-state index contributed by atoms with van der Waals surface area (Å²) in [6, 6.07) is 8.40. The molecule has 9 heteroatoms. The number of aliphatic carboxylic acids is 1. The van der Waals surface area contributed by atoms with Gasteiger partial charge in [0.1, 0.15) is 11.3 Å². The van der Waals surface area contributed by atoms with Gasteiger partial charge in [-0.15, -0.1) is 0 Å². The fourth-order valence-electron chi connectivity index (χ4n) is 2.98. The van der Waals surface area contributed by atoms with E-state index in [4.69, 9.17) is 9.84 Å². The van der Waals surface area contributed by atoms with Crippen LogP contribution < -0.4 is 9.64 Å². The first-order valence-electron chi connectivity index (χ1n) is 7.89. The molecule has 1 aliphatic rings. The summed E-state index contributed by atoms with van der Waals surface area (Å²) in [6.45, 7) is 1.28. The van der Waals surface area contributed by atoms with E-state index < -0.39 is 35.5 Å². The second-order valence-electron chi connectivity index (χ2n) is 6.22. The summed E-state index contributed by atoms with van der Waals surface area (Å²) in [5.74, 6) is -3.54. The van der Waals surface area contributed by atoms with Crippen molar-refractivity contribution >= 4 is 44.2 Å². The molecule has 1 atom stereocenters. The van der Waals surface area contributed by atoms with Gasteiger partial charge in [0.2, 0.25) is 0 Å². The molecule has 0 bridgehead atoms. The van der Waals surface area contributed by atoms with E-state index in [2.05, 4.69) is 4.98 Å². The summed E-state index contributed by atoms with van der Waals surface area (Å²) in [7, 11) is 0. The van der Waals surface area contributed by atoms with Crippen LogP contribution in [-0.4, -0.2) is 27.6 Å². The largest absolute Gasteiger partial charge is 0.481 e. The number of aromatic nitrogens is 1. The van der Waals surface area contributed by atoms with Gasteiger partial charge in [0.05, 0.1) is 16.8 Å². The molecule has 6 nitrogen and oxygen atoms in total. The molecule has 4 rings (SSSR count). The van der Waals surface area contributed by atoms with Crippen LogP contribution in [0.25, 0.3) is 10.2 Å². The molecule has 0 aliphatic carbocycles. The molecule has 3 aromatic rings. The molecule has 0 saturated heterocycles. The molecule has 0 fully saturated rings. The third kappa shape index (κ3) is 2.71. The average Bonchev–Trinajstić information content (AvgIpc) is 3.02. The van der Waals surface area contributed by atoms with Crippen LogP contribution in [0.4, 0.5) is 19.6 Å². The summed E-state index contributed by atoms with van der Waals surface area (Å²) in [4.78, 5) is 29.6. The highest BCUT2D eigenvalue weighted by molar-refractivity contribution is 7.22. The number of nitrogens with zero attached hydrogens (tertiary/aromatic N) is 2. The van der Waals surface area contributed by atoms with Crippen molar-refractivity contribution in [2.24, 2.45) is 0 Å². The summed E-state index contributed by atoms with van der Waals surface area (Å²) in [5.41, 5.74) is -1.67. The monoisotopic (exact) mass is 390 g/mol. The maximum atomic E-state index is 14.3. The molecule has 1 unspecified atom stereocenters. The average molecular weight is 390 g/mol. The Balaban J connectivity index is 1.94. The molecule has 138 valence electrons. The van der Waals surface area contributed by atoms with Crippen molar-refractivity contribution in [3.8, 4) is 5.75 Å². The summed E-state index contributed by atoms with van der Waals surface area (Å²) in [5, 5.41) is 9.27. The van der Waals surface area contributed by atoms with Gasteiger partial charge in [-0.05, 0) is 31.2 Å². The topological polar surface area (TPSA) is 79.7 Å². The number of thiazole rings is 1. The number of fused-ring (bicyclic) bond motifs is 2. The van der Waals surface area contributed by atoms with Crippen LogP contribution >= 0.6 is 11.3 Å². The molecule has 0 saturated carbocycles. The van der Waals surface area contributed by atoms with Crippen molar-refractivity contribution in [1.29, 1.82) is 0 Å². The first kappa shape index (κ1) is 17.3. The molecule has 2 heterocycles. The molecule has 1 aromatic heterocycles. The minimum Gasteiger partial charge on any atom is -0.481 e. The SMILES string of the molecule is CC1(CC(=O)O)Oc2c(F)cccc2N(c2nc3c(F)cccc3s2)C1=O. The van der Waals surface area contributed by atoms with Crippen LogP contribution in [0.2, 0.25) is 0 Å². The van der Waals surface area contributed by atoms with Crippen LogP contribution in [-0.2, 0) is 9.59 Å². The van der Waals surface area contributed by atoms with Crippen LogP contribution in [0.3, 0.4) is 0 Å². The molecule has 0 radical (unpaired) electrons. The van der Waals surface area contributed by atoms with Gasteiger partial charge in [-0.2, -0.15) is 0 Å². The number of halogens is 2. The van der Waals surface area contributed by atoms with Gasteiger partial charge in [0.25, 0.3) is 5.91 Å². The zero-order chi connectivity index (χ0) is 19.3. The van der Waals surface area contributed by atoms with Crippen LogP contribution in [0.1, 0.15) is 13.3 Å². The van der Waals surface area contributed by atoms with E-state index in [1.165, 1.54) is 31.2 Å². The molecule has 27 heavy (non-hydrogen) atoms. The maximum Gasteiger partial charge on any atom is 0.307 e. The van der Waals surface area contributed by atoms with Crippen molar-refractivity contribution in [1.82, 2.24) is 4.98 Å². The maximum absolute atomic E-state index is 14.3. The highest BCUT2D eigenvalue weighted by atomic mass is 32.1. The third-order valence-electron chi connectivity index (χ3n) is 4.21. The number of carbonyl (C=O) groups is 2. The Morgan fingerprint density at radius 2 is 1.96 bits per heavy atom. The van der Waals surface area contributed by atoms with E-state index in [-0.39, 0.29) is 22.1 Å². The Kier molecular flexibility index (Phi) is 3.84. The predicted octanol–water partition coefficient (Wildman–Crippen LogP) is 3.87. The standard InChI is InChI=1S/C18H12F2N2O4S/c1-18(8-13(23)24)16(25)22(11-6-2-5-10(20)15(11)26-18)17-21-14-9(19)4-3-7-12(14)27-17/h2-7H,8H2,1H3,(H,23,24). The molecule has 2 aromatic carbocycles. The number of carbonyl (C=O) groups excluding carboxylic acids is 1. The summed E-state index contributed by atoms with van der Waals surface area (Å²) in [6.07, 6.45) is -0.671. The number of amides is 1. The van der Waals surface area contributed by atoms with Gasteiger partial charge in [-0.3, -0.25) is 9.59 Å². The van der Waals surface area contributed by atoms with E-state index in [9.17, 15) is 18.4 Å². The van der Waals surface area contributed by atoms with Gasteiger partial charge >= 0.3 is 5.97 Å². The lowest BCUT2D eigenvalue weighted by atomic mass is 9.97. The minimum absolute atomic E-state index is 0.0784. The fourth-order valence-corrected chi connectivity index (χ4v) is 3.97. The van der Waals surface area contributed by atoms with Gasteiger partial charge in [0, 0.05) is 0 Å². The van der Waals surface area contributed by atoms with Crippen LogP contribution in [0.5, 0.6) is 5.75 Å². The number of hydrogen-bond acceptors (Lipinski definition) is 5. The molecular formula is C18H12F2N2O4S. The normalized spacial score (nSPS) is 19.1. The number of carboxylic acids is 1. The molecular weight excluding hydrogens is 378 g/mol. The third-order valence-corrected chi connectivity index (χ3v) is 5.21. The van der Waals surface area contributed by atoms with Crippen LogP contribution in [0, 0.1) is 11.6 Å². The number of ether oxygens (including phenoxy) is 1. The quantitative estimate of drug-likeness (QED) is 0.735. The molecule has 1 N–H and O–H groups in total. The number of hydrogen-bond donors (Lipinski definition) is 1. The zero-order valence-electron chi connectivity index (χ0n) is 13.9. The second-order valence-corrected chi connectivity index (χ2v) is 7.22. The lowest BCUT2D eigenvalue weighted by Gasteiger charge is -2.38. The predicted molar refractivity (Wildman–Crippen MR) is 94.4 cm³/mol. The smallest absolute Gasteiger partial charge is 0.307 e. The number of para-hydroxylation sites is 2. The van der Waals surface area contributed by atoms with Crippen molar-refractivity contribution in [2.75, 3.05) is 4.90 Å². The Hall–Kier alpha value is -3.07. The van der Waals surface area contributed by atoms with Crippen molar-refractivity contribution in [3.05, 3.63) is 48.0 Å². The van der Waals surface area contributed by atoms with E-state index in [1.54, 1.807) is 6.07 Å². The summed E-state index contributed by atoms with van der Waals surface area (Å²) < 4.78 is 34.4. The van der Waals surface area contributed by atoms with Gasteiger partial charge in [0.15, 0.2) is 22.3 Å². The highest BCUT2D eigenvalue weighted by Gasteiger charge is 2.48. The molecule has 0 spiro atoms. The molecule has 1 aliphatic heterocycles. The van der Waals surface area contributed by atoms with Crippen LogP contribution in [0.15, 0.2) is 36.4 Å². The van der Waals surface area contributed by atoms with Gasteiger partial charge in [-0.25, -0.2) is 18.7 Å². The van der Waals surface area contributed by atoms with E-state index in [1.807, 2.05) is 0 Å².